The number of anilines is 2. The van der Waals surface area contributed by atoms with Crippen LogP contribution >= 0.6 is 0 Å². The first-order valence-electron chi connectivity index (χ1n) is 7.90. The molecule has 0 atom stereocenters. The summed E-state index contributed by atoms with van der Waals surface area (Å²) in [6, 6.07) is 14.3. The third-order valence-corrected chi connectivity index (χ3v) is 3.98. The van der Waals surface area contributed by atoms with E-state index in [0.29, 0.717) is 11.3 Å². The fourth-order valence-corrected chi connectivity index (χ4v) is 2.49. The number of rotatable bonds is 4. The van der Waals surface area contributed by atoms with Crippen LogP contribution in [-0.2, 0) is 4.74 Å². The SMILES string of the molecule is COC(=O)c1cnn(-c2ccc(C(=O)Nc3ccccc3C)cc2)c1N. The maximum Gasteiger partial charge on any atom is 0.343 e. The molecule has 1 aromatic heterocycles. The van der Waals surface area contributed by atoms with Crippen molar-refractivity contribution in [2.24, 2.45) is 0 Å². The second kappa shape index (κ2) is 7.10. The lowest BCUT2D eigenvalue weighted by atomic mass is 10.1. The molecule has 3 rings (SSSR count). The summed E-state index contributed by atoms with van der Waals surface area (Å²) in [6.45, 7) is 1.93. The first-order chi connectivity index (χ1) is 12.5. The lowest BCUT2D eigenvalue weighted by molar-refractivity contribution is 0.0602. The molecular formula is C19H18N4O3. The lowest BCUT2D eigenvalue weighted by Crippen LogP contribution is -2.13. The summed E-state index contributed by atoms with van der Waals surface area (Å²) in [7, 11) is 1.28. The summed E-state index contributed by atoms with van der Waals surface area (Å²) < 4.78 is 6.07. The van der Waals surface area contributed by atoms with Gasteiger partial charge in [0.2, 0.25) is 0 Å². The van der Waals surface area contributed by atoms with Gasteiger partial charge in [-0.3, -0.25) is 4.79 Å². The first kappa shape index (κ1) is 17.2. The molecule has 0 aliphatic heterocycles. The summed E-state index contributed by atoms with van der Waals surface area (Å²) in [6.07, 6.45) is 1.35. The van der Waals surface area contributed by atoms with Gasteiger partial charge in [-0.15, -0.1) is 0 Å². The Hall–Kier alpha value is -3.61. The molecule has 0 aliphatic rings. The molecule has 7 heteroatoms. The van der Waals surface area contributed by atoms with Crippen molar-refractivity contribution in [1.82, 2.24) is 9.78 Å². The highest BCUT2D eigenvalue weighted by Gasteiger charge is 2.16. The van der Waals surface area contributed by atoms with E-state index in [1.54, 1.807) is 24.3 Å². The van der Waals surface area contributed by atoms with Gasteiger partial charge in [-0.05, 0) is 42.8 Å². The van der Waals surface area contributed by atoms with E-state index >= 15 is 0 Å². The number of hydrogen-bond acceptors (Lipinski definition) is 5. The summed E-state index contributed by atoms with van der Waals surface area (Å²) in [5.41, 5.74) is 9.01. The fraction of sp³-hybridized carbons (Fsp3) is 0.105. The van der Waals surface area contributed by atoms with Crippen LogP contribution in [0, 0.1) is 6.92 Å². The van der Waals surface area contributed by atoms with E-state index in [4.69, 9.17) is 5.73 Å². The van der Waals surface area contributed by atoms with Crippen molar-refractivity contribution in [3.05, 3.63) is 71.4 Å². The second-order valence-electron chi connectivity index (χ2n) is 5.66. The smallest absolute Gasteiger partial charge is 0.343 e. The molecule has 1 amide bonds. The van der Waals surface area contributed by atoms with Crippen molar-refractivity contribution in [3.63, 3.8) is 0 Å². The first-order valence-corrected chi connectivity index (χ1v) is 7.90. The number of aryl methyl sites for hydroxylation is 1. The van der Waals surface area contributed by atoms with Crippen LogP contribution in [0.3, 0.4) is 0 Å². The molecule has 3 N–H and O–H groups in total. The summed E-state index contributed by atoms with van der Waals surface area (Å²) in [4.78, 5) is 24.0. The molecule has 0 spiro atoms. The molecule has 0 unspecified atom stereocenters. The van der Waals surface area contributed by atoms with Crippen LogP contribution in [0.5, 0.6) is 0 Å². The average molecular weight is 350 g/mol. The zero-order chi connectivity index (χ0) is 18.7. The van der Waals surface area contributed by atoms with E-state index in [1.807, 2.05) is 31.2 Å². The highest BCUT2D eigenvalue weighted by Crippen LogP contribution is 2.19. The molecule has 3 aromatic rings. The van der Waals surface area contributed by atoms with Crippen LogP contribution < -0.4 is 11.1 Å². The molecule has 0 bridgehead atoms. The molecule has 0 aliphatic carbocycles. The molecule has 26 heavy (non-hydrogen) atoms. The Kier molecular flexibility index (Phi) is 4.70. The quantitative estimate of drug-likeness (QED) is 0.705. The summed E-state index contributed by atoms with van der Waals surface area (Å²) in [5, 5.41) is 6.98. The predicted molar refractivity (Wildman–Crippen MR) is 98.4 cm³/mol. The average Bonchev–Trinajstić information content (AvgIpc) is 3.04. The minimum atomic E-state index is -0.553. The molecule has 0 fully saturated rings. The van der Waals surface area contributed by atoms with Gasteiger partial charge in [0.05, 0.1) is 19.0 Å². The number of nitrogens with two attached hydrogens (primary N) is 1. The number of nitrogens with one attached hydrogen (secondary N) is 1. The Morgan fingerprint density at radius 1 is 1.12 bits per heavy atom. The number of hydrogen-bond donors (Lipinski definition) is 2. The van der Waals surface area contributed by atoms with Gasteiger partial charge in [-0.1, -0.05) is 18.2 Å². The number of methoxy groups -OCH3 is 1. The number of nitrogens with zero attached hydrogens (tertiary/aromatic N) is 2. The monoisotopic (exact) mass is 350 g/mol. The van der Waals surface area contributed by atoms with Gasteiger partial charge < -0.3 is 15.8 Å². The Bertz CT molecular complexity index is 961. The number of para-hydroxylation sites is 1. The maximum atomic E-state index is 12.4. The standard InChI is InChI=1S/C19H18N4O3/c1-12-5-3-4-6-16(12)22-18(24)13-7-9-14(10-8-13)23-17(20)15(11-21-23)19(25)26-2/h3-11H,20H2,1-2H3,(H,22,24). The number of carbonyl (C=O) groups is 2. The van der Waals surface area contributed by atoms with Gasteiger partial charge in [0, 0.05) is 11.3 Å². The highest BCUT2D eigenvalue weighted by atomic mass is 16.5. The van der Waals surface area contributed by atoms with E-state index in [0.717, 1.165) is 11.3 Å². The minimum absolute atomic E-state index is 0.175. The fourth-order valence-electron chi connectivity index (χ4n) is 2.49. The number of aromatic nitrogens is 2. The molecule has 2 aromatic carbocycles. The van der Waals surface area contributed by atoms with Crippen LogP contribution in [0.1, 0.15) is 26.3 Å². The second-order valence-corrected chi connectivity index (χ2v) is 5.66. The maximum absolute atomic E-state index is 12.4. The lowest BCUT2D eigenvalue weighted by Gasteiger charge is -2.09. The molecule has 7 nitrogen and oxygen atoms in total. The number of amides is 1. The zero-order valence-electron chi connectivity index (χ0n) is 14.4. The molecule has 132 valence electrons. The highest BCUT2D eigenvalue weighted by molar-refractivity contribution is 6.04. The number of carbonyl (C=O) groups excluding carboxylic acids is 2. The Balaban J connectivity index is 1.81. The molecule has 0 saturated heterocycles. The minimum Gasteiger partial charge on any atom is -0.465 e. The third kappa shape index (κ3) is 3.27. The van der Waals surface area contributed by atoms with Crippen LogP contribution in [-0.4, -0.2) is 28.8 Å². The van der Waals surface area contributed by atoms with Gasteiger partial charge >= 0.3 is 5.97 Å². The number of nitrogen functional groups attached to an aromatic ring is 1. The zero-order valence-corrected chi connectivity index (χ0v) is 14.4. The van der Waals surface area contributed by atoms with Crippen molar-refractivity contribution in [3.8, 4) is 5.69 Å². The molecule has 0 radical (unpaired) electrons. The molecular weight excluding hydrogens is 332 g/mol. The van der Waals surface area contributed by atoms with E-state index in [1.165, 1.54) is 18.0 Å². The molecule has 0 saturated carbocycles. The summed E-state index contributed by atoms with van der Waals surface area (Å²) in [5.74, 6) is -0.591. The van der Waals surface area contributed by atoms with Gasteiger partial charge in [0.15, 0.2) is 0 Å². The van der Waals surface area contributed by atoms with Crippen LogP contribution in [0.4, 0.5) is 11.5 Å². The van der Waals surface area contributed by atoms with Crippen molar-refractivity contribution >= 4 is 23.4 Å². The number of esters is 1. The van der Waals surface area contributed by atoms with E-state index in [9.17, 15) is 9.59 Å². The van der Waals surface area contributed by atoms with Crippen LogP contribution in [0.2, 0.25) is 0 Å². The van der Waals surface area contributed by atoms with E-state index in [2.05, 4.69) is 15.2 Å². The van der Waals surface area contributed by atoms with Crippen molar-refractivity contribution < 1.29 is 14.3 Å². The van der Waals surface area contributed by atoms with E-state index in [-0.39, 0.29) is 17.3 Å². The Labute approximate surface area is 150 Å². The topological polar surface area (TPSA) is 99.2 Å². The third-order valence-electron chi connectivity index (χ3n) is 3.98. The predicted octanol–water partition coefficient (Wildman–Crippen LogP) is 2.80. The normalized spacial score (nSPS) is 10.4. The van der Waals surface area contributed by atoms with Gasteiger partial charge in [-0.25, -0.2) is 9.48 Å². The Morgan fingerprint density at radius 3 is 2.46 bits per heavy atom. The van der Waals surface area contributed by atoms with Gasteiger partial charge in [0.25, 0.3) is 5.91 Å². The van der Waals surface area contributed by atoms with Crippen molar-refractivity contribution in [2.45, 2.75) is 6.92 Å². The number of ether oxygens (including phenoxy) is 1. The van der Waals surface area contributed by atoms with Crippen molar-refractivity contribution in [1.29, 1.82) is 0 Å². The number of benzene rings is 2. The van der Waals surface area contributed by atoms with Crippen LogP contribution in [0.15, 0.2) is 54.7 Å². The van der Waals surface area contributed by atoms with Gasteiger partial charge in [-0.2, -0.15) is 5.10 Å². The van der Waals surface area contributed by atoms with Crippen molar-refractivity contribution in [2.75, 3.05) is 18.2 Å². The van der Waals surface area contributed by atoms with Crippen LogP contribution in [0.25, 0.3) is 5.69 Å². The largest absolute Gasteiger partial charge is 0.465 e. The van der Waals surface area contributed by atoms with E-state index < -0.39 is 5.97 Å². The Morgan fingerprint density at radius 2 is 1.81 bits per heavy atom. The van der Waals surface area contributed by atoms with Gasteiger partial charge in [0.1, 0.15) is 11.4 Å². The summed E-state index contributed by atoms with van der Waals surface area (Å²) >= 11 is 0. The molecule has 1 heterocycles.